The zero-order valence-electron chi connectivity index (χ0n) is 16.3. The molecule has 158 valence electrons. The van der Waals surface area contributed by atoms with Crippen molar-refractivity contribution in [3.05, 3.63) is 0 Å². The van der Waals surface area contributed by atoms with Gasteiger partial charge in [0.15, 0.2) is 18.3 Å². The summed E-state index contributed by atoms with van der Waals surface area (Å²) < 4.78 is 26.0. The minimum absolute atomic E-state index is 0.154. The van der Waals surface area contributed by atoms with E-state index in [2.05, 4.69) is 0 Å². The zero-order chi connectivity index (χ0) is 21.4. The van der Waals surface area contributed by atoms with Crippen LogP contribution in [0.15, 0.2) is 0 Å². The average molecular weight is 420 g/mol. The standard InChI is InChI=1S/C17H24O10S/c1-8(18)23-6-13-15(25-10(3)20)17(27-12(5)22)16(26-11(4)21)14(28-13)7-24-9(2)19/h13-17H,6-7H2,1-5H3/t13-,14+,15-,16+,17+. The second-order valence-electron chi connectivity index (χ2n) is 6.04. The van der Waals surface area contributed by atoms with Gasteiger partial charge in [-0.05, 0) is 0 Å². The third-order valence-electron chi connectivity index (χ3n) is 3.54. The summed E-state index contributed by atoms with van der Waals surface area (Å²) in [5, 5.41) is -1.30. The highest BCUT2D eigenvalue weighted by molar-refractivity contribution is 8.00. The van der Waals surface area contributed by atoms with Crippen LogP contribution in [0.25, 0.3) is 0 Å². The van der Waals surface area contributed by atoms with Gasteiger partial charge in [-0.2, -0.15) is 0 Å². The van der Waals surface area contributed by atoms with Gasteiger partial charge >= 0.3 is 29.8 Å². The SMILES string of the molecule is CC(=O)OC[C@@H]1S[C@H](COC(C)=O)[C@@H](OC(C)=O)[C@H](OC(C)=O)[C@H]1OC(C)=O. The molecule has 5 atom stereocenters. The molecular formula is C17H24O10S. The number of hydrogen-bond acceptors (Lipinski definition) is 11. The van der Waals surface area contributed by atoms with Crippen molar-refractivity contribution < 1.29 is 47.7 Å². The van der Waals surface area contributed by atoms with E-state index in [-0.39, 0.29) is 13.2 Å². The Morgan fingerprint density at radius 2 is 0.893 bits per heavy atom. The van der Waals surface area contributed by atoms with Gasteiger partial charge in [-0.3, -0.25) is 24.0 Å². The topological polar surface area (TPSA) is 132 Å². The zero-order valence-corrected chi connectivity index (χ0v) is 17.1. The maximum absolute atomic E-state index is 11.6. The molecule has 0 aromatic carbocycles. The number of thioether (sulfide) groups is 1. The van der Waals surface area contributed by atoms with E-state index in [0.717, 1.165) is 18.7 Å². The van der Waals surface area contributed by atoms with Crippen LogP contribution in [0.4, 0.5) is 0 Å². The Hall–Kier alpha value is -2.30. The van der Waals surface area contributed by atoms with Crippen LogP contribution in [0.2, 0.25) is 0 Å². The summed E-state index contributed by atoms with van der Waals surface area (Å²) in [6, 6.07) is 0. The molecule has 1 saturated heterocycles. The Kier molecular flexibility index (Phi) is 9.23. The second kappa shape index (κ2) is 10.9. The summed E-state index contributed by atoms with van der Waals surface area (Å²) in [5.41, 5.74) is 0. The number of ether oxygens (including phenoxy) is 5. The molecule has 0 bridgehead atoms. The lowest BCUT2D eigenvalue weighted by molar-refractivity contribution is -0.186. The predicted octanol–water partition coefficient (Wildman–Crippen LogP) is 0.392. The maximum atomic E-state index is 11.6. The fourth-order valence-electron chi connectivity index (χ4n) is 2.65. The molecule has 10 nitrogen and oxygen atoms in total. The molecule has 11 heteroatoms. The van der Waals surface area contributed by atoms with Crippen molar-refractivity contribution in [3.8, 4) is 0 Å². The third kappa shape index (κ3) is 7.75. The summed E-state index contributed by atoms with van der Waals surface area (Å²) in [4.78, 5) is 57.3. The van der Waals surface area contributed by atoms with Crippen LogP contribution in [0, 0.1) is 0 Å². The van der Waals surface area contributed by atoms with E-state index >= 15 is 0 Å². The molecule has 0 aromatic rings. The van der Waals surface area contributed by atoms with Gasteiger partial charge in [-0.25, -0.2) is 0 Å². The molecule has 0 spiro atoms. The first-order valence-electron chi connectivity index (χ1n) is 8.45. The van der Waals surface area contributed by atoms with Crippen molar-refractivity contribution in [1.82, 2.24) is 0 Å². The predicted molar refractivity (Wildman–Crippen MR) is 95.1 cm³/mol. The monoisotopic (exact) mass is 420 g/mol. The van der Waals surface area contributed by atoms with Crippen LogP contribution in [-0.4, -0.2) is 71.9 Å². The van der Waals surface area contributed by atoms with E-state index in [0.29, 0.717) is 0 Å². The molecule has 1 fully saturated rings. The molecule has 1 heterocycles. The van der Waals surface area contributed by atoms with Gasteiger partial charge in [0.2, 0.25) is 0 Å². The fourth-order valence-corrected chi connectivity index (χ4v) is 4.12. The number of rotatable bonds is 7. The largest absolute Gasteiger partial charge is 0.465 e. The van der Waals surface area contributed by atoms with Crippen LogP contribution in [0.1, 0.15) is 34.6 Å². The summed E-state index contributed by atoms with van der Waals surface area (Å²) in [5.74, 6) is -3.11. The number of esters is 5. The van der Waals surface area contributed by atoms with E-state index in [1.807, 2.05) is 0 Å². The average Bonchev–Trinajstić information content (AvgIpc) is 2.54. The maximum Gasteiger partial charge on any atom is 0.303 e. The van der Waals surface area contributed by atoms with Gasteiger partial charge in [0.25, 0.3) is 0 Å². The van der Waals surface area contributed by atoms with Crippen molar-refractivity contribution in [2.24, 2.45) is 0 Å². The van der Waals surface area contributed by atoms with Gasteiger partial charge in [-0.15, -0.1) is 11.8 Å². The molecule has 1 aliphatic rings. The van der Waals surface area contributed by atoms with E-state index < -0.39 is 58.7 Å². The Balaban J connectivity index is 3.26. The molecule has 0 saturated carbocycles. The highest BCUT2D eigenvalue weighted by Gasteiger charge is 2.51. The first kappa shape index (κ1) is 23.7. The van der Waals surface area contributed by atoms with Crippen LogP contribution in [0.3, 0.4) is 0 Å². The van der Waals surface area contributed by atoms with Gasteiger partial charge < -0.3 is 23.7 Å². The first-order chi connectivity index (χ1) is 13.0. The smallest absolute Gasteiger partial charge is 0.303 e. The minimum Gasteiger partial charge on any atom is -0.465 e. The second-order valence-corrected chi connectivity index (χ2v) is 7.52. The Morgan fingerprint density at radius 1 is 0.571 bits per heavy atom. The fraction of sp³-hybridized carbons (Fsp3) is 0.706. The van der Waals surface area contributed by atoms with E-state index in [9.17, 15) is 24.0 Å². The van der Waals surface area contributed by atoms with Crippen LogP contribution >= 0.6 is 11.8 Å². The number of hydrogen-bond donors (Lipinski definition) is 0. The normalized spacial score (nSPS) is 26.5. The van der Waals surface area contributed by atoms with Crippen molar-refractivity contribution in [2.45, 2.75) is 63.4 Å². The number of carbonyl (C=O) groups is 5. The minimum atomic E-state index is -1.17. The lowest BCUT2D eigenvalue weighted by atomic mass is 10.00. The van der Waals surface area contributed by atoms with Crippen LogP contribution in [0.5, 0.6) is 0 Å². The van der Waals surface area contributed by atoms with Gasteiger partial charge in [0.05, 0.1) is 10.5 Å². The Bertz CT molecular complexity index is 575. The van der Waals surface area contributed by atoms with Crippen molar-refractivity contribution in [3.63, 3.8) is 0 Å². The van der Waals surface area contributed by atoms with Crippen molar-refractivity contribution in [1.29, 1.82) is 0 Å². The summed E-state index contributed by atoms with van der Waals surface area (Å²) >= 11 is 1.15. The lowest BCUT2D eigenvalue weighted by Gasteiger charge is -2.43. The summed E-state index contributed by atoms with van der Waals surface area (Å²) in [7, 11) is 0. The molecule has 0 unspecified atom stereocenters. The van der Waals surface area contributed by atoms with Crippen molar-refractivity contribution in [2.75, 3.05) is 13.2 Å². The molecule has 0 radical (unpaired) electrons. The third-order valence-corrected chi connectivity index (χ3v) is 5.05. The van der Waals surface area contributed by atoms with Gasteiger partial charge in [-0.1, -0.05) is 0 Å². The highest BCUT2D eigenvalue weighted by Crippen LogP contribution is 2.38. The molecular weight excluding hydrogens is 396 g/mol. The van der Waals surface area contributed by atoms with Crippen molar-refractivity contribution >= 4 is 41.6 Å². The molecule has 0 aromatic heterocycles. The van der Waals surface area contributed by atoms with E-state index in [4.69, 9.17) is 23.7 Å². The van der Waals surface area contributed by atoms with Crippen LogP contribution in [-0.2, 0) is 47.7 Å². The Morgan fingerprint density at radius 3 is 1.18 bits per heavy atom. The molecule has 0 aliphatic carbocycles. The summed E-state index contributed by atoms with van der Waals surface area (Å²) in [6.45, 7) is 5.62. The number of carbonyl (C=O) groups excluding carboxylic acids is 5. The lowest BCUT2D eigenvalue weighted by Crippen LogP contribution is -2.59. The highest BCUT2D eigenvalue weighted by atomic mass is 32.2. The quantitative estimate of drug-likeness (QED) is 0.418. The van der Waals surface area contributed by atoms with Crippen LogP contribution < -0.4 is 0 Å². The van der Waals surface area contributed by atoms with Gasteiger partial charge in [0, 0.05) is 34.6 Å². The molecule has 28 heavy (non-hydrogen) atoms. The van der Waals surface area contributed by atoms with Gasteiger partial charge in [0.1, 0.15) is 13.2 Å². The molecule has 1 rings (SSSR count). The van der Waals surface area contributed by atoms with E-state index in [1.54, 1.807) is 0 Å². The molecule has 0 N–H and O–H groups in total. The summed E-state index contributed by atoms with van der Waals surface area (Å²) in [6.07, 6.45) is -3.28. The Labute approximate surface area is 166 Å². The molecule has 1 aliphatic heterocycles. The molecule has 0 amide bonds. The first-order valence-corrected chi connectivity index (χ1v) is 9.39. The van der Waals surface area contributed by atoms with E-state index in [1.165, 1.54) is 27.7 Å².